The Bertz CT molecular complexity index is 1240. The first kappa shape index (κ1) is 29.8. The van der Waals surface area contributed by atoms with Gasteiger partial charge in [-0.05, 0) is 52.5 Å². The highest BCUT2D eigenvalue weighted by molar-refractivity contribution is 7.89. The van der Waals surface area contributed by atoms with E-state index >= 15 is 0 Å². The molecule has 2 aromatic rings. The highest BCUT2D eigenvalue weighted by atomic mass is 32.2. The third-order valence-corrected chi connectivity index (χ3v) is 8.55. The van der Waals surface area contributed by atoms with Crippen LogP contribution in [0.5, 0.6) is 0 Å². The molecule has 1 aliphatic rings. The molecule has 1 atom stereocenters. The van der Waals surface area contributed by atoms with Gasteiger partial charge in [-0.15, -0.1) is 0 Å². The first-order valence-electron chi connectivity index (χ1n) is 13.3. The van der Waals surface area contributed by atoms with E-state index in [0.29, 0.717) is 31.9 Å². The summed E-state index contributed by atoms with van der Waals surface area (Å²) in [5.41, 5.74) is 9.52. The molecule has 0 spiro atoms. The average Bonchev–Trinajstić information content (AvgIpc) is 2.87. The van der Waals surface area contributed by atoms with Gasteiger partial charge >= 0.3 is 0 Å². The predicted octanol–water partition coefficient (Wildman–Crippen LogP) is 4.09. The number of amidine groups is 1. The van der Waals surface area contributed by atoms with Crippen LogP contribution in [0.1, 0.15) is 87.1 Å². The van der Waals surface area contributed by atoms with Crippen LogP contribution in [-0.4, -0.2) is 57.4 Å². The van der Waals surface area contributed by atoms with Gasteiger partial charge in [-0.1, -0.05) is 71.9 Å². The zero-order chi connectivity index (χ0) is 28.2. The number of hydrogen-bond acceptors (Lipinski definition) is 5. The lowest BCUT2D eigenvalue weighted by molar-refractivity contribution is -0.137. The fraction of sp³-hybridized carbons (Fsp3) is 0.517. The normalized spacial score (nSPS) is 15.3. The number of morpholine rings is 1. The Morgan fingerprint density at radius 3 is 2.08 bits per heavy atom. The molecule has 0 bridgehead atoms. The van der Waals surface area contributed by atoms with Crippen molar-refractivity contribution in [2.75, 3.05) is 26.3 Å². The lowest BCUT2D eigenvalue weighted by atomic mass is 9.89. The fourth-order valence-electron chi connectivity index (χ4n) is 4.73. The Hall–Kier alpha value is -2.75. The summed E-state index contributed by atoms with van der Waals surface area (Å²) in [6.45, 7) is 13.8. The Morgan fingerprint density at radius 1 is 1.00 bits per heavy atom. The lowest BCUT2D eigenvalue weighted by Crippen LogP contribution is -2.52. The highest BCUT2D eigenvalue weighted by Crippen LogP contribution is 2.35. The molecule has 9 heteroatoms. The maximum atomic E-state index is 14.2. The molecule has 0 aliphatic carbocycles. The van der Waals surface area contributed by atoms with Crippen molar-refractivity contribution in [3.05, 3.63) is 64.2 Å². The molecule has 1 aliphatic heterocycles. The van der Waals surface area contributed by atoms with Crippen LogP contribution in [-0.2, 0) is 26.0 Å². The number of amides is 1. The molecule has 3 rings (SSSR count). The van der Waals surface area contributed by atoms with E-state index in [1.807, 2.05) is 45.9 Å². The van der Waals surface area contributed by atoms with Crippen LogP contribution >= 0.6 is 0 Å². The number of carbonyl (C=O) groups is 1. The average molecular weight is 543 g/mol. The summed E-state index contributed by atoms with van der Waals surface area (Å²) in [6.07, 6.45) is 0.134. The van der Waals surface area contributed by atoms with Gasteiger partial charge in [0.25, 0.3) is 0 Å². The summed E-state index contributed by atoms with van der Waals surface area (Å²) in [6, 6.07) is 9.98. The largest absolute Gasteiger partial charge is 0.384 e. The number of hydrogen-bond donors (Lipinski definition) is 3. The van der Waals surface area contributed by atoms with E-state index in [-0.39, 0.29) is 40.8 Å². The molecule has 0 unspecified atom stereocenters. The predicted molar refractivity (Wildman–Crippen MR) is 151 cm³/mol. The van der Waals surface area contributed by atoms with Gasteiger partial charge in [-0.2, -0.15) is 4.72 Å². The molecule has 2 aromatic carbocycles. The van der Waals surface area contributed by atoms with E-state index in [1.165, 1.54) is 0 Å². The monoisotopic (exact) mass is 542 g/mol. The van der Waals surface area contributed by atoms with Crippen LogP contribution in [0.2, 0.25) is 0 Å². The number of carbonyl (C=O) groups excluding carboxylic acids is 1. The first-order chi connectivity index (χ1) is 17.8. The first-order valence-corrected chi connectivity index (χ1v) is 14.8. The molecule has 1 amide bonds. The molecule has 0 saturated carbocycles. The van der Waals surface area contributed by atoms with Gasteiger partial charge in [0.2, 0.25) is 15.9 Å². The molecule has 1 heterocycles. The molecule has 38 heavy (non-hydrogen) atoms. The molecular formula is C29H42N4O4S. The van der Waals surface area contributed by atoms with Crippen molar-refractivity contribution >= 4 is 21.8 Å². The highest BCUT2D eigenvalue weighted by Gasteiger charge is 2.34. The Kier molecular flexibility index (Phi) is 9.73. The number of nitrogen functional groups attached to an aromatic ring is 1. The van der Waals surface area contributed by atoms with Gasteiger partial charge in [0.05, 0.1) is 18.1 Å². The molecule has 0 aromatic heterocycles. The summed E-state index contributed by atoms with van der Waals surface area (Å²) in [4.78, 5) is 15.6. The van der Waals surface area contributed by atoms with Crippen LogP contribution in [0.4, 0.5) is 0 Å². The summed E-state index contributed by atoms with van der Waals surface area (Å²) in [5.74, 6) is -0.186. The topological polar surface area (TPSA) is 126 Å². The summed E-state index contributed by atoms with van der Waals surface area (Å²) >= 11 is 0. The number of ether oxygens (including phenoxy) is 1. The summed E-state index contributed by atoms with van der Waals surface area (Å²) < 4.78 is 36.5. The third-order valence-electron chi connectivity index (χ3n) is 6.94. The standard InChI is InChI=1S/C29H42N4O4S/c1-18(2)23-16-24(19(3)4)27(25(17-23)20(5)6)38(35,36)32-26(29(34)33-10-12-37-13-11-33)15-21-8-7-9-22(14-21)28(30)31/h7-9,14,16-20,26,32H,10-13,15H2,1-6H3,(H3,30,31)/t26-/m0/s1. The van der Waals surface area contributed by atoms with E-state index in [9.17, 15) is 13.2 Å². The van der Waals surface area contributed by atoms with Crippen LogP contribution in [0, 0.1) is 5.41 Å². The van der Waals surface area contributed by atoms with Crippen molar-refractivity contribution in [1.29, 1.82) is 5.41 Å². The van der Waals surface area contributed by atoms with Crippen molar-refractivity contribution in [1.82, 2.24) is 9.62 Å². The second kappa shape index (κ2) is 12.4. The van der Waals surface area contributed by atoms with Crippen LogP contribution in [0.3, 0.4) is 0 Å². The van der Waals surface area contributed by atoms with Crippen molar-refractivity contribution in [3.63, 3.8) is 0 Å². The van der Waals surface area contributed by atoms with E-state index in [1.54, 1.807) is 23.1 Å². The minimum atomic E-state index is -4.08. The second-order valence-corrected chi connectivity index (χ2v) is 12.6. The fourth-order valence-corrected chi connectivity index (χ4v) is 6.62. The Labute approximate surface area is 227 Å². The van der Waals surface area contributed by atoms with Crippen molar-refractivity contribution in [3.8, 4) is 0 Å². The molecule has 0 radical (unpaired) electrons. The van der Waals surface area contributed by atoms with Gasteiger partial charge < -0.3 is 15.4 Å². The van der Waals surface area contributed by atoms with E-state index < -0.39 is 16.1 Å². The number of benzene rings is 2. The minimum Gasteiger partial charge on any atom is -0.384 e. The maximum Gasteiger partial charge on any atom is 0.241 e. The quantitative estimate of drug-likeness (QED) is 0.308. The van der Waals surface area contributed by atoms with Crippen LogP contribution < -0.4 is 10.5 Å². The zero-order valence-electron chi connectivity index (χ0n) is 23.4. The van der Waals surface area contributed by atoms with Gasteiger partial charge in [-0.25, -0.2) is 8.42 Å². The molecule has 8 nitrogen and oxygen atoms in total. The Balaban J connectivity index is 2.10. The Morgan fingerprint density at radius 2 is 1.58 bits per heavy atom. The van der Waals surface area contributed by atoms with Crippen molar-refractivity contribution in [2.24, 2.45) is 5.73 Å². The lowest BCUT2D eigenvalue weighted by Gasteiger charge is -2.31. The number of nitrogens with two attached hydrogens (primary N) is 1. The van der Waals surface area contributed by atoms with Gasteiger partial charge in [-0.3, -0.25) is 10.2 Å². The molecule has 208 valence electrons. The molecule has 1 fully saturated rings. The minimum absolute atomic E-state index is 0.0292. The van der Waals surface area contributed by atoms with E-state index in [0.717, 1.165) is 22.3 Å². The molecular weight excluding hydrogens is 500 g/mol. The third kappa shape index (κ3) is 7.01. The smallest absolute Gasteiger partial charge is 0.241 e. The zero-order valence-corrected chi connectivity index (χ0v) is 24.2. The van der Waals surface area contributed by atoms with Crippen LogP contribution in [0.25, 0.3) is 0 Å². The SMILES string of the molecule is CC(C)c1cc(C(C)C)c(S(=O)(=O)N[C@@H](Cc2cccc(C(=N)N)c2)C(=O)N2CCOCC2)c(C(C)C)c1. The molecule has 1 saturated heterocycles. The van der Waals surface area contributed by atoms with Gasteiger partial charge in [0, 0.05) is 18.7 Å². The van der Waals surface area contributed by atoms with Crippen LogP contribution in [0.15, 0.2) is 41.3 Å². The van der Waals surface area contributed by atoms with E-state index in [4.69, 9.17) is 15.9 Å². The van der Waals surface area contributed by atoms with E-state index in [2.05, 4.69) is 18.6 Å². The number of nitrogens with one attached hydrogen (secondary N) is 2. The van der Waals surface area contributed by atoms with Gasteiger partial charge in [0.15, 0.2) is 0 Å². The van der Waals surface area contributed by atoms with Gasteiger partial charge in [0.1, 0.15) is 11.9 Å². The summed E-state index contributed by atoms with van der Waals surface area (Å²) in [5, 5.41) is 7.77. The maximum absolute atomic E-state index is 14.2. The summed E-state index contributed by atoms with van der Waals surface area (Å²) in [7, 11) is -4.08. The number of nitrogens with zero attached hydrogens (tertiary/aromatic N) is 1. The van der Waals surface area contributed by atoms with Crippen molar-refractivity contribution < 1.29 is 17.9 Å². The molecule has 4 N–H and O–H groups in total. The number of sulfonamides is 1. The second-order valence-electron chi connectivity index (χ2n) is 10.9. The number of rotatable bonds is 10. The van der Waals surface area contributed by atoms with Crippen molar-refractivity contribution in [2.45, 2.75) is 76.7 Å².